The molecule has 2 aromatic carbocycles. The number of methoxy groups -OCH3 is 1. The van der Waals surface area contributed by atoms with Crippen LogP contribution < -0.4 is 10.1 Å². The van der Waals surface area contributed by atoms with Crippen molar-refractivity contribution in [2.24, 2.45) is 0 Å². The fraction of sp³-hybridized carbons (Fsp3) is 0.227. The molecule has 2 heterocycles. The number of amides is 1. The number of ether oxygens (including phenoxy) is 1. The van der Waals surface area contributed by atoms with Gasteiger partial charge in [-0.15, -0.1) is 0 Å². The first-order valence-corrected chi connectivity index (χ1v) is 9.83. The Kier molecular flexibility index (Phi) is 6.02. The number of carbonyl (C=O) groups is 1. The minimum Gasteiger partial charge on any atom is -0.497 e. The first-order chi connectivity index (χ1) is 15.1. The summed E-state index contributed by atoms with van der Waals surface area (Å²) >= 11 is 0. The van der Waals surface area contributed by atoms with E-state index < -0.39 is 0 Å². The van der Waals surface area contributed by atoms with Crippen molar-refractivity contribution < 1.29 is 14.1 Å². The van der Waals surface area contributed by atoms with E-state index in [2.05, 4.69) is 25.5 Å². The maximum atomic E-state index is 12.4. The molecule has 0 saturated carbocycles. The van der Waals surface area contributed by atoms with Gasteiger partial charge >= 0.3 is 0 Å². The fourth-order valence-electron chi connectivity index (χ4n) is 3.09. The number of benzene rings is 2. The summed E-state index contributed by atoms with van der Waals surface area (Å²) in [6.45, 7) is 1.94. The molecule has 0 fully saturated rings. The molecule has 9 nitrogen and oxygen atoms in total. The van der Waals surface area contributed by atoms with E-state index in [4.69, 9.17) is 9.26 Å². The Morgan fingerprint density at radius 1 is 1.16 bits per heavy atom. The van der Waals surface area contributed by atoms with Crippen LogP contribution in [0.15, 0.2) is 65.7 Å². The van der Waals surface area contributed by atoms with Gasteiger partial charge in [0.1, 0.15) is 18.4 Å². The molecular weight excluding hydrogens is 396 g/mol. The van der Waals surface area contributed by atoms with Crippen LogP contribution in [0.4, 0.5) is 0 Å². The molecule has 0 spiro atoms. The molecule has 0 saturated heterocycles. The molecule has 0 bridgehead atoms. The van der Waals surface area contributed by atoms with Crippen LogP contribution >= 0.6 is 0 Å². The van der Waals surface area contributed by atoms with Crippen LogP contribution in [0.3, 0.4) is 0 Å². The number of rotatable bonds is 8. The summed E-state index contributed by atoms with van der Waals surface area (Å²) in [6.07, 6.45) is 3.75. The van der Waals surface area contributed by atoms with Gasteiger partial charge in [-0.2, -0.15) is 10.1 Å². The summed E-state index contributed by atoms with van der Waals surface area (Å²) in [5.74, 6) is 1.58. The predicted molar refractivity (Wildman–Crippen MR) is 113 cm³/mol. The summed E-state index contributed by atoms with van der Waals surface area (Å²) in [5.41, 5.74) is 2.73. The number of hydrogen-bond donors (Lipinski definition) is 1. The monoisotopic (exact) mass is 418 g/mol. The Morgan fingerprint density at radius 3 is 2.61 bits per heavy atom. The molecule has 9 heteroatoms. The molecule has 2 aromatic heterocycles. The number of aryl methyl sites for hydroxylation is 1. The van der Waals surface area contributed by atoms with E-state index in [1.807, 2.05) is 55.5 Å². The van der Waals surface area contributed by atoms with Crippen LogP contribution in [0.2, 0.25) is 0 Å². The summed E-state index contributed by atoms with van der Waals surface area (Å²) < 4.78 is 12.1. The van der Waals surface area contributed by atoms with Crippen molar-refractivity contribution in [3.63, 3.8) is 0 Å². The molecule has 1 amide bonds. The molecule has 158 valence electrons. The van der Waals surface area contributed by atoms with Gasteiger partial charge in [0.2, 0.25) is 17.6 Å². The topological polar surface area (TPSA) is 108 Å². The quantitative estimate of drug-likeness (QED) is 0.468. The third kappa shape index (κ3) is 4.95. The minimum absolute atomic E-state index is 0.0861. The zero-order chi connectivity index (χ0) is 21.6. The van der Waals surface area contributed by atoms with Crippen LogP contribution in [0.5, 0.6) is 5.75 Å². The van der Waals surface area contributed by atoms with E-state index in [9.17, 15) is 4.79 Å². The van der Waals surface area contributed by atoms with Crippen molar-refractivity contribution >= 4 is 5.91 Å². The van der Waals surface area contributed by atoms with Gasteiger partial charge in [0, 0.05) is 18.4 Å². The van der Waals surface area contributed by atoms with Crippen molar-refractivity contribution in [3.8, 4) is 22.8 Å². The van der Waals surface area contributed by atoms with Gasteiger partial charge in [-0.1, -0.05) is 17.3 Å². The largest absolute Gasteiger partial charge is 0.497 e. The second kappa shape index (κ2) is 9.21. The van der Waals surface area contributed by atoms with Gasteiger partial charge < -0.3 is 14.6 Å². The van der Waals surface area contributed by atoms with Crippen molar-refractivity contribution in [3.05, 3.63) is 72.6 Å². The Bertz CT molecular complexity index is 1120. The maximum absolute atomic E-state index is 12.4. The molecule has 1 atom stereocenters. The molecule has 0 aliphatic carbocycles. The SMILES string of the molecule is COc1ccc(-c2noc(CCC(=O)NC(C)c3ccc(-n4cncn4)cc3)n2)cc1. The molecule has 0 aliphatic rings. The summed E-state index contributed by atoms with van der Waals surface area (Å²) in [6, 6.07) is 15.0. The van der Waals surface area contributed by atoms with Crippen molar-refractivity contribution in [2.75, 3.05) is 7.11 Å². The highest BCUT2D eigenvalue weighted by molar-refractivity contribution is 5.76. The second-order valence-electron chi connectivity index (χ2n) is 6.96. The lowest BCUT2D eigenvalue weighted by atomic mass is 10.1. The van der Waals surface area contributed by atoms with Gasteiger partial charge in [0.15, 0.2) is 0 Å². The van der Waals surface area contributed by atoms with E-state index in [0.29, 0.717) is 18.1 Å². The molecule has 0 aliphatic heterocycles. The molecular formula is C22H22N6O3. The van der Waals surface area contributed by atoms with Gasteiger partial charge in [-0.25, -0.2) is 9.67 Å². The molecule has 4 aromatic rings. The van der Waals surface area contributed by atoms with Crippen LogP contribution in [0, 0.1) is 0 Å². The minimum atomic E-state index is -0.130. The van der Waals surface area contributed by atoms with E-state index in [-0.39, 0.29) is 18.4 Å². The number of aromatic nitrogens is 5. The van der Waals surface area contributed by atoms with Gasteiger partial charge in [0.05, 0.1) is 18.8 Å². The van der Waals surface area contributed by atoms with Crippen LogP contribution in [0.25, 0.3) is 17.1 Å². The number of hydrogen-bond acceptors (Lipinski definition) is 7. The van der Waals surface area contributed by atoms with E-state index in [1.54, 1.807) is 18.1 Å². The molecule has 1 unspecified atom stereocenters. The molecule has 1 N–H and O–H groups in total. The first kappa shape index (κ1) is 20.3. The highest BCUT2D eigenvalue weighted by atomic mass is 16.5. The molecule has 4 rings (SSSR count). The molecule has 31 heavy (non-hydrogen) atoms. The van der Waals surface area contributed by atoms with Crippen molar-refractivity contribution in [1.82, 2.24) is 30.2 Å². The maximum Gasteiger partial charge on any atom is 0.227 e. The number of nitrogens with one attached hydrogen (secondary N) is 1. The number of carbonyl (C=O) groups excluding carboxylic acids is 1. The van der Waals surface area contributed by atoms with Crippen LogP contribution in [0.1, 0.15) is 30.8 Å². The lowest BCUT2D eigenvalue weighted by molar-refractivity contribution is -0.121. The smallest absolute Gasteiger partial charge is 0.227 e. The normalized spacial score (nSPS) is 11.8. The van der Waals surface area contributed by atoms with Gasteiger partial charge in [0.25, 0.3) is 0 Å². The Balaban J connectivity index is 1.29. The van der Waals surface area contributed by atoms with Crippen LogP contribution in [-0.2, 0) is 11.2 Å². The summed E-state index contributed by atoms with van der Waals surface area (Å²) in [4.78, 5) is 20.7. The lowest BCUT2D eigenvalue weighted by Crippen LogP contribution is -2.26. The van der Waals surface area contributed by atoms with E-state index in [1.165, 1.54) is 6.33 Å². The first-order valence-electron chi connectivity index (χ1n) is 9.83. The Morgan fingerprint density at radius 2 is 1.94 bits per heavy atom. The van der Waals surface area contributed by atoms with Crippen molar-refractivity contribution in [2.45, 2.75) is 25.8 Å². The Labute approximate surface area is 179 Å². The average molecular weight is 418 g/mol. The van der Waals surface area contributed by atoms with Crippen LogP contribution in [-0.4, -0.2) is 37.9 Å². The second-order valence-corrected chi connectivity index (χ2v) is 6.96. The Hall–Kier alpha value is -4.01. The van der Waals surface area contributed by atoms with E-state index in [0.717, 1.165) is 22.6 Å². The lowest BCUT2D eigenvalue weighted by Gasteiger charge is -2.14. The fourth-order valence-corrected chi connectivity index (χ4v) is 3.09. The third-order valence-electron chi connectivity index (χ3n) is 4.84. The summed E-state index contributed by atoms with van der Waals surface area (Å²) in [7, 11) is 1.61. The highest BCUT2D eigenvalue weighted by Crippen LogP contribution is 2.20. The molecule has 0 radical (unpaired) electrons. The standard InChI is InChI=1S/C22H22N6O3/c1-15(16-3-7-18(8-4-16)28-14-23-13-24-28)25-20(29)11-12-21-26-22(27-31-21)17-5-9-19(30-2)10-6-17/h3-10,13-15H,11-12H2,1-2H3,(H,25,29). The van der Waals surface area contributed by atoms with E-state index >= 15 is 0 Å². The zero-order valence-electron chi connectivity index (χ0n) is 17.2. The zero-order valence-corrected chi connectivity index (χ0v) is 17.2. The van der Waals surface area contributed by atoms with Gasteiger partial charge in [-0.3, -0.25) is 4.79 Å². The van der Waals surface area contributed by atoms with Gasteiger partial charge in [-0.05, 0) is 48.9 Å². The number of nitrogens with zero attached hydrogens (tertiary/aromatic N) is 5. The average Bonchev–Trinajstić information content (AvgIpc) is 3.50. The summed E-state index contributed by atoms with van der Waals surface area (Å²) in [5, 5.41) is 11.1. The predicted octanol–water partition coefficient (Wildman–Crippen LogP) is 3.14. The third-order valence-corrected chi connectivity index (χ3v) is 4.84. The highest BCUT2D eigenvalue weighted by Gasteiger charge is 2.13. The van der Waals surface area contributed by atoms with Crippen molar-refractivity contribution in [1.29, 1.82) is 0 Å².